The Hall–Kier alpha value is -0.130. The van der Waals surface area contributed by atoms with Crippen LogP contribution in [0.1, 0.15) is 33.6 Å². The fraction of sp³-hybridized carbons (Fsp3) is 0.875. The molecule has 0 aromatic carbocycles. The molecule has 0 nitrogen and oxygen atoms in total. The van der Waals surface area contributed by atoms with E-state index in [1.807, 2.05) is 0 Å². The SMILES string of the molecule is CC(C)[C+]1CCC1C. The van der Waals surface area contributed by atoms with Crippen molar-refractivity contribution in [2.45, 2.75) is 33.6 Å². The van der Waals surface area contributed by atoms with Crippen LogP contribution in [-0.4, -0.2) is 0 Å². The minimum atomic E-state index is 0.846. The number of rotatable bonds is 1. The van der Waals surface area contributed by atoms with Crippen LogP contribution in [0.3, 0.4) is 0 Å². The zero-order valence-electron chi connectivity index (χ0n) is 6.07. The van der Waals surface area contributed by atoms with Gasteiger partial charge in [-0.25, -0.2) is 0 Å². The van der Waals surface area contributed by atoms with Crippen LogP contribution in [0.5, 0.6) is 0 Å². The van der Waals surface area contributed by atoms with Crippen LogP contribution in [-0.2, 0) is 0 Å². The maximum Gasteiger partial charge on any atom is 0.102 e. The van der Waals surface area contributed by atoms with Crippen molar-refractivity contribution in [1.82, 2.24) is 0 Å². The average Bonchev–Trinajstić information content (AvgIpc) is 1.61. The Bertz CT molecular complexity index is 69.4. The van der Waals surface area contributed by atoms with Crippen molar-refractivity contribution >= 4 is 0 Å². The lowest BCUT2D eigenvalue weighted by molar-refractivity contribution is 0.325. The van der Waals surface area contributed by atoms with Gasteiger partial charge in [0, 0.05) is 6.42 Å². The fourth-order valence-electron chi connectivity index (χ4n) is 1.46. The molecule has 1 unspecified atom stereocenters. The summed E-state index contributed by atoms with van der Waals surface area (Å²) in [7, 11) is 0. The molecule has 46 valence electrons. The van der Waals surface area contributed by atoms with E-state index in [2.05, 4.69) is 20.8 Å². The number of hydrogen-bond donors (Lipinski definition) is 0. The average molecular weight is 111 g/mol. The number of hydrogen-bond acceptors (Lipinski definition) is 0. The Kier molecular flexibility index (Phi) is 1.50. The Labute approximate surface area is 52.3 Å². The molecule has 0 N–H and O–H groups in total. The summed E-state index contributed by atoms with van der Waals surface area (Å²) < 4.78 is 0. The molecular formula is C8H15+. The lowest BCUT2D eigenvalue weighted by atomic mass is 9.69. The van der Waals surface area contributed by atoms with E-state index < -0.39 is 0 Å². The maximum absolute atomic E-state index is 2.33. The third-order valence-corrected chi connectivity index (χ3v) is 2.24. The summed E-state index contributed by atoms with van der Waals surface area (Å²) in [5.41, 5.74) is 0. The summed E-state index contributed by atoms with van der Waals surface area (Å²) in [6, 6.07) is 0. The molecule has 0 aliphatic heterocycles. The highest BCUT2D eigenvalue weighted by Crippen LogP contribution is 2.40. The molecule has 0 bridgehead atoms. The lowest BCUT2D eigenvalue weighted by Crippen LogP contribution is -2.25. The van der Waals surface area contributed by atoms with E-state index in [4.69, 9.17) is 0 Å². The van der Waals surface area contributed by atoms with Crippen LogP contribution in [0, 0.1) is 17.8 Å². The van der Waals surface area contributed by atoms with Gasteiger partial charge in [0.05, 0.1) is 18.3 Å². The first-order valence-corrected chi connectivity index (χ1v) is 3.57. The summed E-state index contributed by atoms with van der Waals surface area (Å²) in [5, 5.41) is 0. The molecule has 1 saturated carbocycles. The largest absolute Gasteiger partial charge is 0.102 e. The summed E-state index contributed by atoms with van der Waals surface area (Å²) in [6.07, 6.45) is 2.84. The van der Waals surface area contributed by atoms with Crippen molar-refractivity contribution in [2.75, 3.05) is 0 Å². The molecule has 8 heavy (non-hydrogen) atoms. The molecule has 1 fully saturated rings. The van der Waals surface area contributed by atoms with Crippen LogP contribution < -0.4 is 0 Å². The standard InChI is InChI=1S/C8H15/c1-6(2)8-5-4-7(8)3/h6-7H,4-5H2,1-3H3/q+1. The Morgan fingerprint density at radius 1 is 1.50 bits per heavy atom. The van der Waals surface area contributed by atoms with E-state index in [1.165, 1.54) is 12.8 Å². The van der Waals surface area contributed by atoms with Crippen LogP contribution in [0.2, 0.25) is 0 Å². The highest BCUT2D eigenvalue weighted by molar-refractivity contribution is 5.05. The van der Waals surface area contributed by atoms with E-state index >= 15 is 0 Å². The van der Waals surface area contributed by atoms with Gasteiger partial charge in [-0.05, 0) is 20.8 Å². The van der Waals surface area contributed by atoms with Crippen molar-refractivity contribution in [1.29, 1.82) is 0 Å². The van der Waals surface area contributed by atoms with E-state index in [0.29, 0.717) is 0 Å². The van der Waals surface area contributed by atoms with Gasteiger partial charge in [-0.15, -0.1) is 0 Å². The predicted octanol–water partition coefficient (Wildman–Crippen LogP) is 2.65. The molecule has 0 saturated heterocycles. The first-order chi connectivity index (χ1) is 3.72. The molecule has 0 amide bonds. The van der Waals surface area contributed by atoms with Crippen molar-refractivity contribution in [3.63, 3.8) is 0 Å². The Morgan fingerprint density at radius 3 is 2.12 bits per heavy atom. The van der Waals surface area contributed by atoms with Gasteiger partial charge >= 0.3 is 0 Å². The topological polar surface area (TPSA) is 0 Å². The van der Waals surface area contributed by atoms with Crippen molar-refractivity contribution in [3.05, 3.63) is 5.92 Å². The normalized spacial score (nSPS) is 28.5. The second-order valence-corrected chi connectivity index (χ2v) is 3.17. The van der Waals surface area contributed by atoms with Crippen molar-refractivity contribution < 1.29 is 0 Å². The summed E-state index contributed by atoms with van der Waals surface area (Å²) in [4.78, 5) is 0. The smallest absolute Gasteiger partial charge is 0.0216 e. The predicted molar refractivity (Wildman–Crippen MR) is 36.5 cm³/mol. The van der Waals surface area contributed by atoms with Gasteiger partial charge in [0.25, 0.3) is 0 Å². The van der Waals surface area contributed by atoms with Crippen LogP contribution in [0.15, 0.2) is 0 Å². The molecule has 0 heteroatoms. The van der Waals surface area contributed by atoms with Gasteiger partial charge in [0.2, 0.25) is 0 Å². The summed E-state index contributed by atoms with van der Waals surface area (Å²) in [5.74, 6) is 3.57. The van der Waals surface area contributed by atoms with Crippen LogP contribution >= 0.6 is 0 Å². The molecular weight excluding hydrogens is 96.1 g/mol. The van der Waals surface area contributed by atoms with Crippen LogP contribution in [0.4, 0.5) is 0 Å². The first-order valence-electron chi connectivity index (χ1n) is 3.57. The fourth-order valence-corrected chi connectivity index (χ4v) is 1.46. The van der Waals surface area contributed by atoms with Gasteiger partial charge in [-0.3, -0.25) is 0 Å². The van der Waals surface area contributed by atoms with Gasteiger partial charge in [0.1, 0.15) is 5.92 Å². The monoisotopic (exact) mass is 111 g/mol. The van der Waals surface area contributed by atoms with E-state index in [-0.39, 0.29) is 0 Å². The highest BCUT2D eigenvalue weighted by atomic mass is 14.3. The van der Waals surface area contributed by atoms with Crippen molar-refractivity contribution in [3.8, 4) is 0 Å². The van der Waals surface area contributed by atoms with Crippen molar-refractivity contribution in [2.24, 2.45) is 11.8 Å². The third kappa shape index (κ3) is 0.841. The van der Waals surface area contributed by atoms with Gasteiger partial charge in [-0.2, -0.15) is 0 Å². The van der Waals surface area contributed by atoms with E-state index in [1.54, 1.807) is 5.92 Å². The second kappa shape index (κ2) is 2.00. The Balaban J connectivity index is 2.26. The summed E-state index contributed by atoms with van der Waals surface area (Å²) >= 11 is 0. The zero-order chi connectivity index (χ0) is 6.15. The molecule has 0 radical (unpaired) electrons. The molecule has 0 spiro atoms. The molecule has 0 aromatic heterocycles. The molecule has 0 aromatic rings. The van der Waals surface area contributed by atoms with Gasteiger partial charge in [0.15, 0.2) is 0 Å². The zero-order valence-corrected chi connectivity index (χ0v) is 6.07. The van der Waals surface area contributed by atoms with E-state index in [9.17, 15) is 0 Å². The minimum absolute atomic E-state index is 0.846. The third-order valence-electron chi connectivity index (χ3n) is 2.24. The van der Waals surface area contributed by atoms with Gasteiger partial charge in [-0.1, -0.05) is 0 Å². The minimum Gasteiger partial charge on any atom is -0.0216 e. The maximum atomic E-state index is 2.33. The summed E-state index contributed by atoms with van der Waals surface area (Å²) in [6.45, 7) is 6.93. The first kappa shape index (κ1) is 6.00. The molecule has 0 heterocycles. The molecule has 1 aliphatic rings. The van der Waals surface area contributed by atoms with Crippen LogP contribution in [0.25, 0.3) is 0 Å². The quantitative estimate of drug-likeness (QED) is 0.456. The lowest BCUT2D eigenvalue weighted by Gasteiger charge is -2.24. The highest BCUT2D eigenvalue weighted by Gasteiger charge is 2.40. The molecule has 1 rings (SSSR count). The molecule has 1 aliphatic carbocycles. The van der Waals surface area contributed by atoms with Gasteiger partial charge < -0.3 is 0 Å². The van der Waals surface area contributed by atoms with E-state index in [0.717, 1.165) is 11.8 Å². The second-order valence-electron chi connectivity index (χ2n) is 3.17. The Morgan fingerprint density at radius 2 is 2.12 bits per heavy atom. The molecule has 1 atom stereocenters.